The first kappa shape index (κ1) is 20.7. The van der Waals surface area contributed by atoms with Crippen molar-refractivity contribution in [1.82, 2.24) is 9.36 Å². The third-order valence-electron chi connectivity index (χ3n) is 5.79. The number of benzene rings is 2. The molecule has 31 heavy (non-hydrogen) atoms. The minimum absolute atomic E-state index is 0.164. The molecule has 1 atom stereocenters. The third-order valence-corrected chi connectivity index (χ3v) is 5.79. The van der Waals surface area contributed by atoms with Gasteiger partial charge >= 0.3 is 5.97 Å². The van der Waals surface area contributed by atoms with E-state index in [1.54, 1.807) is 24.7 Å². The van der Waals surface area contributed by atoms with E-state index in [4.69, 9.17) is 4.74 Å². The largest absolute Gasteiger partial charge is 0.449 e. The van der Waals surface area contributed by atoms with Gasteiger partial charge in [0.15, 0.2) is 6.10 Å². The van der Waals surface area contributed by atoms with Gasteiger partial charge in [0.05, 0.1) is 16.9 Å². The van der Waals surface area contributed by atoms with Gasteiger partial charge in [0, 0.05) is 7.05 Å². The van der Waals surface area contributed by atoms with Crippen LogP contribution >= 0.6 is 0 Å². The van der Waals surface area contributed by atoms with Crippen molar-refractivity contribution in [2.24, 2.45) is 7.05 Å². The first-order valence-electron chi connectivity index (χ1n) is 10.3. The number of ether oxygens (including phenoxy) is 1. The van der Waals surface area contributed by atoms with Gasteiger partial charge in [0.1, 0.15) is 5.69 Å². The van der Waals surface area contributed by atoms with E-state index in [1.807, 2.05) is 42.5 Å². The maximum atomic E-state index is 12.9. The lowest BCUT2D eigenvalue weighted by Gasteiger charge is -2.13. The Morgan fingerprint density at radius 1 is 1.06 bits per heavy atom. The number of carbonyl (C=O) groups excluding carboxylic acids is 2. The van der Waals surface area contributed by atoms with E-state index in [-0.39, 0.29) is 11.2 Å². The highest BCUT2D eigenvalue weighted by Gasteiger charge is 2.24. The summed E-state index contributed by atoms with van der Waals surface area (Å²) in [7, 11) is 1.75. The zero-order chi connectivity index (χ0) is 22.1. The minimum atomic E-state index is -1.05. The molecule has 1 amide bonds. The number of hydrogen-bond donors (Lipinski definition) is 1. The molecule has 0 radical (unpaired) electrons. The molecule has 1 aromatic heterocycles. The fraction of sp³-hybridized carbons (Fsp3) is 0.292. The predicted octanol–water partition coefficient (Wildman–Crippen LogP) is 3.16. The van der Waals surface area contributed by atoms with Crippen molar-refractivity contribution >= 4 is 17.6 Å². The molecule has 0 bridgehead atoms. The highest BCUT2D eigenvalue weighted by molar-refractivity contribution is 5.97. The van der Waals surface area contributed by atoms with E-state index in [2.05, 4.69) is 5.32 Å². The normalized spacial score (nSPS) is 13.5. The number of rotatable bonds is 5. The molecule has 7 heteroatoms. The molecule has 1 aliphatic rings. The Kier molecular flexibility index (Phi) is 5.50. The van der Waals surface area contributed by atoms with Crippen LogP contribution in [0.1, 0.15) is 40.5 Å². The van der Waals surface area contributed by atoms with E-state index in [0.717, 1.165) is 24.8 Å². The SMILES string of the molecule is Cc1c(NC(=O)[C@H](C)OC(=O)c2ccc3c(c2)CCC3)c(=O)n(-c2ccccc2)n1C. The molecule has 0 saturated carbocycles. The highest BCUT2D eigenvalue weighted by Crippen LogP contribution is 2.23. The van der Waals surface area contributed by atoms with E-state index < -0.39 is 18.0 Å². The number of nitrogens with zero attached hydrogens (tertiary/aromatic N) is 2. The Bertz CT molecular complexity index is 1210. The summed E-state index contributed by atoms with van der Waals surface area (Å²) >= 11 is 0. The fourth-order valence-electron chi connectivity index (χ4n) is 3.92. The highest BCUT2D eigenvalue weighted by atomic mass is 16.5. The molecule has 0 saturated heterocycles. The van der Waals surface area contributed by atoms with Crippen LogP contribution in [0.4, 0.5) is 5.69 Å². The average molecular weight is 419 g/mol. The van der Waals surface area contributed by atoms with E-state index in [1.165, 1.54) is 17.2 Å². The lowest BCUT2D eigenvalue weighted by molar-refractivity contribution is -0.123. The van der Waals surface area contributed by atoms with Crippen LogP contribution in [0.5, 0.6) is 0 Å². The minimum Gasteiger partial charge on any atom is -0.449 e. The van der Waals surface area contributed by atoms with E-state index in [9.17, 15) is 14.4 Å². The number of para-hydroxylation sites is 1. The number of fused-ring (bicyclic) bond motifs is 1. The summed E-state index contributed by atoms with van der Waals surface area (Å²) in [6, 6.07) is 14.7. The summed E-state index contributed by atoms with van der Waals surface area (Å²) in [5.74, 6) is -1.11. The number of carbonyl (C=O) groups is 2. The second kappa shape index (κ2) is 8.26. The molecular formula is C24H25N3O4. The monoisotopic (exact) mass is 419 g/mol. The van der Waals surface area contributed by atoms with Crippen molar-refractivity contribution in [2.45, 2.75) is 39.2 Å². The number of amides is 1. The molecule has 160 valence electrons. The number of aryl methyl sites for hydroxylation is 2. The number of esters is 1. The Balaban J connectivity index is 1.49. The molecule has 1 N–H and O–H groups in total. The molecule has 4 rings (SSSR count). The second-order valence-corrected chi connectivity index (χ2v) is 7.81. The average Bonchev–Trinajstić information content (AvgIpc) is 3.32. The molecule has 2 aromatic carbocycles. The van der Waals surface area contributed by atoms with Crippen LogP contribution < -0.4 is 10.9 Å². The van der Waals surface area contributed by atoms with Gasteiger partial charge in [-0.3, -0.25) is 14.3 Å². The Morgan fingerprint density at radius 2 is 1.77 bits per heavy atom. The molecule has 3 aromatic rings. The second-order valence-electron chi connectivity index (χ2n) is 7.81. The van der Waals surface area contributed by atoms with Crippen molar-refractivity contribution in [2.75, 3.05) is 5.32 Å². The molecule has 7 nitrogen and oxygen atoms in total. The van der Waals surface area contributed by atoms with Gasteiger partial charge in [0.2, 0.25) is 0 Å². The standard InChI is InChI=1S/C24H25N3O4/c1-15-21(23(29)27(26(15)3)20-10-5-4-6-11-20)25-22(28)16(2)31-24(30)19-13-12-17-8-7-9-18(17)14-19/h4-6,10-14,16H,7-9H2,1-3H3,(H,25,28)/t16-/m0/s1. The van der Waals surface area contributed by atoms with Gasteiger partial charge in [-0.05, 0) is 68.5 Å². The maximum absolute atomic E-state index is 12.9. The smallest absolute Gasteiger partial charge is 0.338 e. The molecule has 0 spiro atoms. The summed E-state index contributed by atoms with van der Waals surface area (Å²) in [5.41, 5.74) is 3.95. The molecule has 0 unspecified atom stereocenters. The quantitative estimate of drug-likeness (QED) is 0.644. The Morgan fingerprint density at radius 3 is 2.52 bits per heavy atom. The first-order chi connectivity index (χ1) is 14.9. The van der Waals surface area contributed by atoms with E-state index in [0.29, 0.717) is 16.9 Å². The number of nitrogens with one attached hydrogen (secondary N) is 1. The van der Waals surface area contributed by atoms with Gasteiger partial charge in [-0.2, -0.15) is 0 Å². The van der Waals surface area contributed by atoms with Crippen LogP contribution in [0.3, 0.4) is 0 Å². The van der Waals surface area contributed by atoms with Gasteiger partial charge in [0.25, 0.3) is 11.5 Å². The third kappa shape index (κ3) is 3.91. The van der Waals surface area contributed by atoms with Crippen molar-refractivity contribution < 1.29 is 14.3 Å². The van der Waals surface area contributed by atoms with Crippen LogP contribution in [0.15, 0.2) is 53.3 Å². The van der Waals surface area contributed by atoms with Crippen molar-refractivity contribution in [1.29, 1.82) is 0 Å². The molecular weight excluding hydrogens is 394 g/mol. The van der Waals surface area contributed by atoms with E-state index >= 15 is 0 Å². The van der Waals surface area contributed by atoms with Crippen molar-refractivity contribution in [3.8, 4) is 5.69 Å². The number of aromatic nitrogens is 2. The Hall–Kier alpha value is -3.61. The van der Waals surface area contributed by atoms with Crippen LogP contribution in [0, 0.1) is 6.92 Å². The van der Waals surface area contributed by atoms with Gasteiger partial charge in [-0.1, -0.05) is 24.3 Å². The van der Waals surface area contributed by atoms with Crippen LogP contribution in [-0.2, 0) is 29.4 Å². The summed E-state index contributed by atoms with van der Waals surface area (Å²) in [6.45, 7) is 3.24. The Labute approximate surface area is 180 Å². The zero-order valence-electron chi connectivity index (χ0n) is 17.8. The molecule has 0 fully saturated rings. The summed E-state index contributed by atoms with van der Waals surface area (Å²) in [6.07, 6.45) is 2.02. The van der Waals surface area contributed by atoms with Gasteiger partial charge in [-0.25, -0.2) is 9.48 Å². The predicted molar refractivity (Wildman–Crippen MR) is 118 cm³/mol. The lowest BCUT2D eigenvalue weighted by atomic mass is 10.1. The van der Waals surface area contributed by atoms with Crippen LogP contribution in [0.25, 0.3) is 5.69 Å². The van der Waals surface area contributed by atoms with Gasteiger partial charge < -0.3 is 10.1 Å². The summed E-state index contributed by atoms with van der Waals surface area (Å²) in [4.78, 5) is 38.1. The summed E-state index contributed by atoms with van der Waals surface area (Å²) in [5, 5.41) is 2.64. The first-order valence-corrected chi connectivity index (χ1v) is 10.3. The van der Waals surface area contributed by atoms with Gasteiger partial charge in [-0.15, -0.1) is 0 Å². The van der Waals surface area contributed by atoms with Crippen LogP contribution in [0.2, 0.25) is 0 Å². The van der Waals surface area contributed by atoms with Crippen molar-refractivity contribution in [3.63, 3.8) is 0 Å². The number of hydrogen-bond acceptors (Lipinski definition) is 4. The molecule has 0 aliphatic heterocycles. The van der Waals surface area contributed by atoms with Crippen molar-refractivity contribution in [3.05, 3.63) is 81.3 Å². The number of anilines is 1. The lowest BCUT2D eigenvalue weighted by Crippen LogP contribution is -2.32. The topological polar surface area (TPSA) is 82.3 Å². The van der Waals surface area contributed by atoms with Crippen LogP contribution in [-0.4, -0.2) is 27.3 Å². The molecule has 1 aliphatic carbocycles. The molecule has 1 heterocycles. The summed E-state index contributed by atoms with van der Waals surface area (Å²) < 4.78 is 8.52. The fourth-order valence-corrected chi connectivity index (χ4v) is 3.92. The zero-order valence-corrected chi connectivity index (χ0v) is 17.8. The maximum Gasteiger partial charge on any atom is 0.338 e.